The summed E-state index contributed by atoms with van der Waals surface area (Å²) in [5.74, 6) is 2.04. The van der Waals surface area contributed by atoms with Crippen molar-refractivity contribution in [1.82, 2.24) is 15.1 Å². The number of hydrogen-bond donors (Lipinski definition) is 2. The average Bonchev–Trinajstić information content (AvgIpc) is 2.61. The number of piperidine rings is 1. The summed E-state index contributed by atoms with van der Waals surface area (Å²) in [5.41, 5.74) is 2.33. The summed E-state index contributed by atoms with van der Waals surface area (Å²) in [6.45, 7) is 8.96. The van der Waals surface area contributed by atoms with Crippen molar-refractivity contribution in [3.63, 3.8) is 0 Å². The maximum absolute atomic E-state index is 10.4. The molecule has 0 bridgehead atoms. The van der Waals surface area contributed by atoms with Crippen LogP contribution >= 0.6 is 0 Å². The van der Waals surface area contributed by atoms with Gasteiger partial charge in [0.2, 0.25) is 0 Å². The second-order valence-electron chi connectivity index (χ2n) is 7.89. The molecule has 6 heteroatoms. The van der Waals surface area contributed by atoms with Gasteiger partial charge in [0.05, 0.1) is 12.3 Å². The van der Waals surface area contributed by atoms with Gasteiger partial charge in [-0.25, -0.2) is 0 Å². The Labute approximate surface area is 161 Å². The maximum atomic E-state index is 10.4. The lowest BCUT2D eigenvalue weighted by Crippen LogP contribution is -2.39. The number of aromatic nitrogens is 2. The molecule has 1 aromatic carbocycles. The van der Waals surface area contributed by atoms with Gasteiger partial charge in [0.25, 0.3) is 0 Å². The molecule has 0 saturated carbocycles. The monoisotopic (exact) mass is 370 g/mol. The first-order valence-corrected chi connectivity index (χ1v) is 9.68. The van der Waals surface area contributed by atoms with E-state index in [2.05, 4.69) is 41.3 Å². The number of aryl methyl sites for hydroxylation is 1. The Balaban J connectivity index is 1.73. The Bertz CT molecular complexity index is 779. The Hall–Kier alpha value is -2.34. The lowest BCUT2D eigenvalue weighted by Gasteiger charge is -2.30. The number of phenolic OH excluding ortho intramolecular Hbond substituents is 1. The van der Waals surface area contributed by atoms with Crippen molar-refractivity contribution < 1.29 is 9.84 Å². The van der Waals surface area contributed by atoms with E-state index in [-0.39, 0.29) is 5.75 Å². The summed E-state index contributed by atoms with van der Waals surface area (Å²) in [5, 5.41) is 22.6. The Morgan fingerprint density at radius 2 is 2.11 bits per heavy atom. The number of likely N-dealkylation sites (N-methyl/N-ethyl adjacent to an activating group) is 1. The molecule has 146 valence electrons. The molecule has 1 aliphatic heterocycles. The van der Waals surface area contributed by atoms with Gasteiger partial charge in [0, 0.05) is 24.2 Å². The predicted octanol–water partition coefficient (Wildman–Crippen LogP) is 3.70. The molecule has 0 aliphatic carbocycles. The van der Waals surface area contributed by atoms with Crippen LogP contribution in [-0.2, 0) is 0 Å². The molecular weight excluding hydrogens is 340 g/mol. The number of nitrogens with one attached hydrogen (secondary N) is 1. The molecule has 1 aromatic heterocycles. The molecule has 0 amide bonds. The zero-order valence-corrected chi connectivity index (χ0v) is 16.7. The smallest absolute Gasteiger partial charge is 0.149 e. The third-order valence-electron chi connectivity index (χ3n) is 4.77. The standard InChI is InChI=1S/C21H30N4O2/c1-14(2)13-27-17-7-8-18(19(26)11-17)21-15(3)10-20(23-24-21)22-16-6-5-9-25(4)12-16/h7-8,10-11,14,16,26H,5-6,9,12-13H2,1-4H3,(H,22,23). The molecule has 1 aliphatic rings. The second kappa shape index (κ2) is 8.57. The molecule has 1 fully saturated rings. The van der Waals surface area contributed by atoms with Crippen LogP contribution in [0, 0.1) is 12.8 Å². The number of hydrogen-bond acceptors (Lipinski definition) is 6. The van der Waals surface area contributed by atoms with Gasteiger partial charge in [0.1, 0.15) is 17.3 Å². The van der Waals surface area contributed by atoms with E-state index in [0.29, 0.717) is 35.6 Å². The Kier molecular flexibility index (Phi) is 6.16. The SMILES string of the molecule is Cc1cc(NC2CCCN(C)C2)nnc1-c1ccc(OCC(C)C)cc1O. The van der Waals surface area contributed by atoms with Gasteiger partial charge in [-0.1, -0.05) is 13.8 Å². The minimum atomic E-state index is 0.156. The van der Waals surface area contributed by atoms with Crippen LogP contribution in [0.5, 0.6) is 11.5 Å². The minimum absolute atomic E-state index is 0.156. The highest BCUT2D eigenvalue weighted by Gasteiger charge is 2.18. The molecule has 3 rings (SSSR count). The molecule has 1 saturated heterocycles. The van der Waals surface area contributed by atoms with Crippen molar-refractivity contribution in [3.05, 3.63) is 29.8 Å². The lowest BCUT2D eigenvalue weighted by atomic mass is 10.1. The fourth-order valence-electron chi connectivity index (χ4n) is 3.38. The second-order valence-corrected chi connectivity index (χ2v) is 7.89. The molecule has 6 nitrogen and oxygen atoms in total. The van der Waals surface area contributed by atoms with Crippen molar-refractivity contribution in [3.8, 4) is 22.8 Å². The third-order valence-corrected chi connectivity index (χ3v) is 4.77. The summed E-state index contributed by atoms with van der Waals surface area (Å²) < 4.78 is 5.67. The van der Waals surface area contributed by atoms with Gasteiger partial charge >= 0.3 is 0 Å². The van der Waals surface area contributed by atoms with Crippen molar-refractivity contribution in [2.24, 2.45) is 5.92 Å². The van der Waals surface area contributed by atoms with Gasteiger partial charge in [-0.15, -0.1) is 10.2 Å². The van der Waals surface area contributed by atoms with Crippen LogP contribution in [-0.4, -0.2) is 53.0 Å². The van der Waals surface area contributed by atoms with Gasteiger partial charge in [0.15, 0.2) is 0 Å². The van der Waals surface area contributed by atoms with Crippen LogP contribution in [0.3, 0.4) is 0 Å². The fraction of sp³-hybridized carbons (Fsp3) is 0.524. The highest BCUT2D eigenvalue weighted by molar-refractivity contribution is 5.71. The predicted molar refractivity (Wildman–Crippen MR) is 108 cm³/mol. The molecule has 1 unspecified atom stereocenters. The van der Waals surface area contributed by atoms with E-state index in [1.807, 2.05) is 25.1 Å². The molecule has 27 heavy (non-hydrogen) atoms. The van der Waals surface area contributed by atoms with E-state index >= 15 is 0 Å². The van der Waals surface area contributed by atoms with Gasteiger partial charge < -0.3 is 20.1 Å². The topological polar surface area (TPSA) is 70.5 Å². The van der Waals surface area contributed by atoms with Gasteiger partial charge in [-0.3, -0.25) is 0 Å². The van der Waals surface area contributed by atoms with Gasteiger partial charge in [-0.05, 0) is 63.0 Å². The maximum Gasteiger partial charge on any atom is 0.149 e. The number of ether oxygens (including phenoxy) is 1. The van der Waals surface area contributed by atoms with Crippen LogP contribution in [0.4, 0.5) is 5.82 Å². The molecular formula is C21H30N4O2. The number of aromatic hydroxyl groups is 1. The van der Waals surface area contributed by atoms with Crippen LogP contribution in [0.2, 0.25) is 0 Å². The Morgan fingerprint density at radius 1 is 1.30 bits per heavy atom. The molecule has 1 atom stereocenters. The zero-order valence-electron chi connectivity index (χ0n) is 16.7. The number of likely N-dealkylation sites (tertiary alicyclic amines) is 1. The van der Waals surface area contributed by atoms with E-state index in [1.165, 1.54) is 6.42 Å². The number of anilines is 1. The highest BCUT2D eigenvalue weighted by Crippen LogP contribution is 2.33. The van der Waals surface area contributed by atoms with Crippen molar-refractivity contribution >= 4 is 5.82 Å². The van der Waals surface area contributed by atoms with E-state index in [1.54, 1.807) is 6.07 Å². The summed E-state index contributed by atoms with van der Waals surface area (Å²) in [4.78, 5) is 2.33. The van der Waals surface area contributed by atoms with E-state index in [0.717, 1.165) is 30.9 Å². The van der Waals surface area contributed by atoms with Crippen molar-refractivity contribution in [2.45, 2.75) is 39.7 Å². The number of rotatable bonds is 6. The van der Waals surface area contributed by atoms with E-state index < -0.39 is 0 Å². The lowest BCUT2D eigenvalue weighted by molar-refractivity contribution is 0.260. The first-order valence-electron chi connectivity index (χ1n) is 9.68. The van der Waals surface area contributed by atoms with Crippen LogP contribution in [0.15, 0.2) is 24.3 Å². The summed E-state index contributed by atoms with van der Waals surface area (Å²) in [7, 11) is 2.14. The van der Waals surface area contributed by atoms with Crippen LogP contribution in [0.1, 0.15) is 32.3 Å². The number of benzene rings is 1. The Morgan fingerprint density at radius 3 is 2.78 bits per heavy atom. The first-order chi connectivity index (χ1) is 12.9. The van der Waals surface area contributed by atoms with Crippen molar-refractivity contribution in [1.29, 1.82) is 0 Å². The van der Waals surface area contributed by atoms with Crippen LogP contribution < -0.4 is 10.1 Å². The zero-order chi connectivity index (χ0) is 19.4. The molecule has 0 radical (unpaired) electrons. The summed E-state index contributed by atoms with van der Waals surface area (Å²) >= 11 is 0. The summed E-state index contributed by atoms with van der Waals surface area (Å²) in [6.07, 6.45) is 2.34. The van der Waals surface area contributed by atoms with Crippen molar-refractivity contribution in [2.75, 3.05) is 32.1 Å². The van der Waals surface area contributed by atoms with Gasteiger partial charge in [-0.2, -0.15) is 0 Å². The molecule has 2 aromatic rings. The molecule has 0 spiro atoms. The fourth-order valence-corrected chi connectivity index (χ4v) is 3.38. The van der Waals surface area contributed by atoms with E-state index in [9.17, 15) is 5.11 Å². The largest absolute Gasteiger partial charge is 0.507 e. The minimum Gasteiger partial charge on any atom is -0.507 e. The quantitative estimate of drug-likeness (QED) is 0.808. The number of phenols is 1. The number of nitrogens with zero attached hydrogens (tertiary/aromatic N) is 3. The molecule has 2 N–H and O–H groups in total. The van der Waals surface area contributed by atoms with Crippen LogP contribution in [0.25, 0.3) is 11.3 Å². The van der Waals surface area contributed by atoms with E-state index in [4.69, 9.17) is 4.74 Å². The average molecular weight is 370 g/mol. The first kappa shape index (κ1) is 19.4. The highest BCUT2D eigenvalue weighted by atomic mass is 16.5. The molecule has 2 heterocycles. The third kappa shape index (κ3) is 5.10. The normalized spacial score (nSPS) is 17.9. The summed E-state index contributed by atoms with van der Waals surface area (Å²) in [6, 6.07) is 7.74.